The summed E-state index contributed by atoms with van der Waals surface area (Å²) in [4.78, 5) is 26.8. The van der Waals surface area contributed by atoms with Gasteiger partial charge in [0.2, 0.25) is 0 Å². The average Bonchev–Trinajstić information content (AvgIpc) is 3.22. The Bertz CT molecular complexity index is 1190. The number of rotatable bonds is 5. The van der Waals surface area contributed by atoms with Gasteiger partial charge in [0.1, 0.15) is 11.4 Å². The van der Waals surface area contributed by atoms with Gasteiger partial charge in [-0.05, 0) is 44.0 Å². The predicted octanol–water partition coefficient (Wildman–Crippen LogP) is 4.40. The molecule has 5 nitrogen and oxygen atoms in total. The molecule has 32 heavy (non-hydrogen) atoms. The molecule has 8 heteroatoms. The number of likely N-dealkylation sites (tertiary alicyclic amines) is 1. The Balaban J connectivity index is 1.63. The van der Waals surface area contributed by atoms with Crippen molar-refractivity contribution in [1.82, 2.24) is 9.47 Å². The van der Waals surface area contributed by atoms with Crippen LogP contribution in [0.25, 0.3) is 10.9 Å². The second-order valence-corrected chi connectivity index (χ2v) is 8.01. The number of halogens is 3. The van der Waals surface area contributed by atoms with E-state index in [4.69, 9.17) is 4.74 Å². The van der Waals surface area contributed by atoms with Crippen molar-refractivity contribution in [1.29, 1.82) is 0 Å². The van der Waals surface area contributed by atoms with Gasteiger partial charge in [0, 0.05) is 30.6 Å². The van der Waals surface area contributed by atoms with Crippen LogP contribution >= 0.6 is 0 Å². The minimum absolute atomic E-state index is 0.0498. The summed E-state index contributed by atoms with van der Waals surface area (Å²) in [7, 11) is 0. The zero-order chi connectivity index (χ0) is 22.9. The quantitative estimate of drug-likeness (QED) is 0.586. The molecule has 1 saturated heterocycles. The maximum Gasteiger partial charge on any atom is 0.431 e. The van der Waals surface area contributed by atoms with Gasteiger partial charge in [0.25, 0.3) is 5.91 Å². The van der Waals surface area contributed by atoms with Crippen LogP contribution in [-0.2, 0) is 17.5 Å². The molecular weight excluding hydrogens is 421 g/mol. The normalized spacial score (nSPS) is 16.5. The van der Waals surface area contributed by atoms with E-state index in [0.29, 0.717) is 31.2 Å². The molecule has 1 fully saturated rings. The lowest BCUT2D eigenvalue weighted by molar-refractivity contribution is -0.144. The van der Waals surface area contributed by atoms with Gasteiger partial charge in [-0.2, -0.15) is 13.2 Å². The number of hydrogen-bond acceptors (Lipinski definition) is 3. The molecule has 0 N–H and O–H groups in total. The Morgan fingerprint density at radius 2 is 1.88 bits per heavy atom. The highest BCUT2D eigenvalue weighted by molar-refractivity contribution is 5.80. The third-order valence-electron chi connectivity index (χ3n) is 5.75. The second-order valence-electron chi connectivity index (χ2n) is 8.01. The summed E-state index contributed by atoms with van der Waals surface area (Å²) in [5.74, 6) is 0.281. The summed E-state index contributed by atoms with van der Waals surface area (Å²) >= 11 is 0. The number of ether oxygens (including phenoxy) is 1. The number of aryl methyl sites for hydroxylation is 1. The van der Waals surface area contributed by atoms with Crippen LogP contribution in [0.2, 0.25) is 0 Å². The number of nitrogens with zero attached hydrogens (tertiary/aromatic N) is 2. The first-order valence-electron chi connectivity index (χ1n) is 10.4. The van der Waals surface area contributed by atoms with Gasteiger partial charge in [-0.15, -0.1) is 0 Å². The Kier molecular flexibility index (Phi) is 5.95. The minimum atomic E-state index is -4.69. The summed E-state index contributed by atoms with van der Waals surface area (Å²) in [6.07, 6.45) is -3.42. The molecule has 4 rings (SSSR count). The molecule has 168 valence electrons. The maximum absolute atomic E-state index is 13.8. The molecule has 1 aliphatic rings. The third kappa shape index (κ3) is 4.49. The molecule has 0 saturated carbocycles. The number of fused-ring (bicyclic) bond motifs is 1. The van der Waals surface area contributed by atoms with Gasteiger partial charge in [-0.25, -0.2) is 0 Å². The number of amides is 1. The van der Waals surface area contributed by atoms with Gasteiger partial charge < -0.3 is 14.2 Å². The second kappa shape index (κ2) is 8.68. The summed E-state index contributed by atoms with van der Waals surface area (Å²) in [6, 6.07) is 13.9. The third-order valence-corrected chi connectivity index (χ3v) is 5.75. The predicted molar refractivity (Wildman–Crippen MR) is 115 cm³/mol. The largest absolute Gasteiger partial charge is 0.484 e. The van der Waals surface area contributed by atoms with Crippen LogP contribution in [0.3, 0.4) is 0 Å². The van der Waals surface area contributed by atoms with Crippen LogP contribution in [0.15, 0.2) is 59.4 Å². The van der Waals surface area contributed by atoms with Crippen LogP contribution in [-0.4, -0.2) is 34.6 Å². The van der Waals surface area contributed by atoms with Crippen LogP contribution in [0.4, 0.5) is 13.2 Å². The lowest BCUT2D eigenvalue weighted by atomic mass is 10.1. The molecule has 2 heterocycles. The summed E-state index contributed by atoms with van der Waals surface area (Å²) < 4.78 is 48.1. The average molecular weight is 444 g/mol. The number of hydrogen-bond donors (Lipinski definition) is 0. The fourth-order valence-corrected chi connectivity index (χ4v) is 4.23. The van der Waals surface area contributed by atoms with E-state index in [1.165, 1.54) is 0 Å². The molecule has 0 bridgehead atoms. The van der Waals surface area contributed by atoms with Gasteiger partial charge in [0.05, 0.1) is 5.52 Å². The van der Waals surface area contributed by atoms with Crippen LogP contribution in [0.1, 0.15) is 24.1 Å². The molecule has 0 unspecified atom stereocenters. The standard InChI is InChI=1S/C24H23F3N2O3/c1-16-9-10-20-19(12-16)21(30)13-22(24(25,26)27)29(20)14-17-6-5-11-28(17)23(31)15-32-18-7-3-2-4-8-18/h2-4,7-10,12-13,17H,5-6,11,14-15H2,1H3/t17-/m1/s1. The number of alkyl halides is 3. The van der Waals surface area contributed by atoms with E-state index in [9.17, 15) is 22.8 Å². The Morgan fingerprint density at radius 1 is 1.12 bits per heavy atom. The highest BCUT2D eigenvalue weighted by Gasteiger charge is 2.37. The Hall–Kier alpha value is -3.29. The number of benzene rings is 2. The fraction of sp³-hybridized carbons (Fsp3) is 0.333. The van der Waals surface area contributed by atoms with E-state index in [1.54, 1.807) is 54.3 Å². The van der Waals surface area contributed by atoms with Gasteiger partial charge >= 0.3 is 6.18 Å². The van der Waals surface area contributed by atoms with Crippen molar-refractivity contribution in [3.05, 3.63) is 76.1 Å². The molecule has 1 amide bonds. The van der Waals surface area contributed by atoms with E-state index in [2.05, 4.69) is 0 Å². The lowest BCUT2D eigenvalue weighted by Crippen LogP contribution is -2.41. The maximum atomic E-state index is 13.8. The van der Waals surface area contributed by atoms with Crippen molar-refractivity contribution in [3.63, 3.8) is 0 Å². The summed E-state index contributed by atoms with van der Waals surface area (Å²) in [5, 5.41) is 0.237. The van der Waals surface area contributed by atoms with Gasteiger partial charge in [0.15, 0.2) is 12.0 Å². The van der Waals surface area contributed by atoms with Crippen molar-refractivity contribution < 1.29 is 22.7 Å². The van der Waals surface area contributed by atoms with Crippen molar-refractivity contribution in [2.24, 2.45) is 0 Å². The van der Waals surface area contributed by atoms with Crippen LogP contribution < -0.4 is 10.2 Å². The minimum Gasteiger partial charge on any atom is -0.484 e. The van der Waals surface area contributed by atoms with Crippen molar-refractivity contribution in [3.8, 4) is 5.75 Å². The first-order valence-corrected chi connectivity index (χ1v) is 10.4. The highest BCUT2D eigenvalue weighted by Crippen LogP contribution is 2.32. The topological polar surface area (TPSA) is 51.5 Å². The number of para-hydroxylation sites is 1. The van der Waals surface area contributed by atoms with Gasteiger partial charge in [-0.1, -0.05) is 29.8 Å². The molecule has 1 aliphatic heterocycles. The molecule has 1 aromatic heterocycles. The zero-order valence-corrected chi connectivity index (χ0v) is 17.6. The molecule has 0 spiro atoms. The van der Waals surface area contributed by atoms with Crippen molar-refractivity contribution in [2.45, 2.75) is 38.5 Å². The molecule has 2 aromatic carbocycles. The number of carbonyl (C=O) groups is 1. The van der Waals surface area contributed by atoms with Crippen LogP contribution in [0, 0.1) is 6.92 Å². The first-order chi connectivity index (χ1) is 15.2. The van der Waals surface area contributed by atoms with E-state index >= 15 is 0 Å². The number of pyridine rings is 1. The van der Waals surface area contributed by atoms with E-state index in [1.807, 2.05) is 6.07 Å². The lowest BCUT2D eigenvalue weighted by Gasteiger charge is -2.28. The van der Waals surface area contributed by atoms with Crippen molar-refractivity contribution in [2.75, 3.05) is 13.2 Å². The zero-order valence-electron chi connectivity index (χ0n) is 17.6. The molecule has 0 radical (unpaired) electrons. The number of aromatic nitrogens is 1. The molecular formula is C24H23F3N2O3. The van der Waals surface area contributed by atoms with Crippen LogP contribution in [0.5, 0.6) is 5.75 Å². The highest BCUT2D eigenvalue weighted by atomic mass is 19.4. The molecule has 0 aliphatic carbocycles. The van der Waals surface area contributed by atoms with Gasteiger partial charge in [-0.3, -0.25) is 9.59 Å². The smallest absolute Gasteiger partial charge is 0.431 e. The number of carbonyl (C=O) groups excluding carboxylic acids is 1. The van der Waals surface area contributed by atoms with Crippen molar-refractivity contribution >= 4 is 16.8 Å². The van der Waals surface area contributed by atoms with E-state index < -0.39 is 23.3 Å². The monoisotopic (exact) mass is 444 g/mol. The summed E-state index contributed by atoms with van der Waals surface area (Å²) in [5.41, 5.74) is -0.659. The Morgan fingerprint density at radius 3 is 2.59 bits per heavy atom. The summed E-state index contributed by atoms with van der Waals surface area (Å²) in [6.45, 7) is 2.01. The SMILES string of the molecule is Cc1ccc2c(c1)c(=O)cc(C(F)(F)F)n2C[C@H]1CCCN1C(=O)COc1ccccc1. The van der Waals surface area contributed by atoms with E-state index in [0.717, 1.165) is 10.1 Å². The molecule has 3 aromatic rings. The van der Waals surface area contributed by atoms with E-state index in [-0.39, 0.29) is 30.0 Å². The first kappa shape index (κ1) is 21.9. The fourth-order valence-electron chi connectivity index (χ4n) is 4.23. The molecule has 1 atom stereocenters. The Labute approximate surface area is 183 Å².